The Balaban J connectivity index is 0. The summed E-state index contributed by atoms with van der Waals surface area (Å²) in [6.07, 6.45) is 21.0. The normalized spacial score (nSPS) is 11.0. The van der Waals surface area contributed by atoms with E-state index in [0.29, 0.717) is 0 Å². The van der Waals surface area contributed by atoms with E-state index in [2.05, 4.69) is 27.7 Å². The summed E-state index contributed by atoms with van der Waals surface area (Å²) >= 11 is 0. The van der Waals surface area contributed by atoms with Gasteiger partial charge in [0.05, 0.1) is 24.6 Å². The lowest BCUT2D eigenvalue weighted by Gasteiger charge is -2.28. The summed E-state index contributed by atoms with van der Waals surface area (Å²) in [7, 11) is -0.586. The van der Waals surface area contributed by atoms with Gasteiger partial charge in [-0.1, -0.05) is 59.8 Å². The summed E-state index contributed by atoms with van der Waals surface area (Å²) < 4.78 is 0. The molecule has 2 nitrogen and oxygen atoms in total. The van der Waals surface area contributed by atoms with Crippen molar-refractivity contribution in [1.82, 2.24) is 0 Å². The number of rotatable bonds is 14. The second kappa shape index (κ2) is 18.2. The molecule has 0 unspecified atom stereocenters. The van der Waals surface area contributed by atoms with Crippen LogP contribution < -0.4 is 5.11 Å². The molecule has 3 heteroatoms. The fourth-order valence-electron chi connectivity index (χ4n) is 3.03. The van der Waals surface area contributed by atoms with Crippen LogP contribution in [-0.2, 0) is 4.79 Å². The van der Waals surface area contributed by atoms with Gasteiger partial charge in [0.2, 0.25) is 0 Å². The molecule has 140 valence electrons. The van der Waals surface area contributed by atoms with Gasteiger partial charge in [-0.3, -0.25) is 0 Å². The van der Waals surface area contributed by atoms with E-state index in [0.717, 1.165) is 6.92 Å². The minimum atomic E-state index is -1.08. The molecule has 0 atom stereocenters. The van der Waals surface area contributed by atoms with Gasteiger partial charge in [0.1, 0.15) is 0 Å². The molecule has 0 fully saturated rings. The van der Waals surface area contributed by atoms with E-state index >= 15 is 0 Å². The van der Waals surface area contributed by atoms with Gasteiger partial charge in [-0.05, 0) is 39.0 Å². The highest BCUT2D eigenvalue weighted by molar-refractivity contribution is 7.75. The number of carboxylic acids is 1. The molecule has 0 saturated heterocycles. The molecule has 0 radical (unpaired) electrons. The number of hydrogen-bond acceptors (Lipinski definition) is 2. The van der Waals surface area contributed by atoms with Crippen LogP contribution in [0.25, 0.3) is 0 Å². The summed E-state index contributed by atoms with van der Waals surface area (Å²) in [5.41, 5.74) is 0. The Hall–Kier alpha value is -0.100. The van der Waals surface area contributed by atoms with E-state index in [1.807, 2.05) is 0 Å². The number of hydrogen-bond donors (Lipinski definition) is 0. The molecule has 0 saturated carbocycles. The topological polar surface area (TPSA) is 40.1 Å². The minimum Gasteiger partial charge on any atom is -0.550 e. The quantitative estimate of drug-likeness (QED) is 0.297. The zero-order chi connectivity index (χ0) is 18.0. The van der Waals surface area contributed by atoms with Crippen molar-refractivity contribution in [2.45, 2.75) is 98.8 Å². The maximum absolute atomic E-state index is 8.89. The number of carbonyl (C=O) groups is 1. The van der Waals surface area contributed by atoms with Crippen molar-refractivity contribution in [3.8, 4) is 0 Å². The fourth-order valence-corrected chi connectivity index (χ4v) is 8.22. The molecular formula is C20H43O2P. The van der Waals surface area contributed by atoms with Crippen LogP contribution in [0.5, 0.6) is 0 Å². The van der Waals surface area contributed by atoms with E-state index in [1.165, 1.54) is 64.2 Å². The summed E-state index contributed by atoms with van der Waals surface area (Å²) in [6.45, 7) is 10.4. The van der Waals surface area contributed by atoms with Crippen molar-refractivity contribution in [2.24, 2.45) is 0 Å². The molecule has 0 N–H and O–H groups in total. The van der Waals surface area contributed by atoms with Crippen molar-refractivity contribution in [1.29, 1.82) is 0 Å². The van der Waals surface area contributed by atoms with Crippen LogP contribution in [0.2, 0.25) is 0 Å². The first-order valence-corrected chi connectivity index (χ1v) is 12.5. The Morgan fingerprint density at radius 3 is 1.26 bits per heavy atom. The van der Waals surface area contributed by atoms with E-state index in [-0.39, 0.29) is 0 Å². The summed E-state index contributed by atoms with van der Waals surface area (Å²) in [5.74, 6) is -1.08. The Morgan fingerprint density at radius 2 is 0.957 bits per heavy atom. The van der Waals surface area contributed by atoms with Crippen molar-refractivity contribution in [3.05, 3.63) is 0 Å². The van der Waals surface area contributed by atoms with Crippen molar-refractivity contribution in [2.75, 3.05) is 24.6 Å². The van der Waals surface area contributed by atoms with Gasteiger partial charge in [0.25, 0.3) is 0 Å². The first-order chi connectivity index (χ1) is 11.0. The van der Waals surface area contributed by atoms with Gasteiger partial charge in [-0.15, -0.1) is 0 Å². The predicted molar refractivity (Wildman–Crippen MR) is 106 cm³/mol. The molecule has 0 amide bonds. The first-order valence-electron chi connectivity index (χ1n) is 10.0. The Morgan fingerprint density at radius 1 is 0.652 bits per heavy atom. The molecule has 0 aliphatic carbocycles. The van der Waals surface area contributed by atoms with Crippen LogP contribution in [0.4, 0.5) is 0 Å². The molecule has 0 spiro atoms. The lowest BCUT2D eigenvalue weighted by molar-refractivity contribution is -0.302. The fraction of sp³-hybridized carbons (Fsp3) is 0.950. The molecule has 0 bridgehead atoms. The van der Waals surface area contributed by atoms with Crippen LogP contribution in [-0.4, -0.2) is 30.6 Å². The van der Waals surface area contributed by atoms with Gasteiger partial charge < -0.3 is 9.90 Å². The number of aliphatic carboxylic acids is 1. The van der Waals surface area contributed by atoms with Gasteiger partial charge in [0, 0.05) is 13.2 Å². The average molecular weight is 347 g/mol. The Kier molecular flexibility index (Phi) is 19.9. The highest BCUT2D eigenvalue weighted by Gasteiger charge is 2.34. The van der Waals surface area contributed by atoms with Gasteiger partial charge in [-0.25, -0.2) is 0 Å². The minimum absolute atomic E-state index is 0.586. The van der Waals surface area contributed by atoms with Crippen LogP contribution in [0.15, 0.2) is 0 Å². The summed E-state index contributed by atoms with van der Waals surface area (Å²) in [5, 5.41) is 8.89. The molecule has 0 aromatic carbocycles. The monoisotopic (exact) mass is 346 g/mol. The molecule has 23 heavy (non-hydrogen) atoms. The third kappa shape index (κ3) is 18.1. The zero-order valence-corrected chi connectivity index (χ0v) is 17.6. The van der Waals surface area contributed by atoms with Gasteiger partial charge in [-0.2, -0.15) is 0 Å². The van der Waals surface area contributed by atoms with E-state index in [4.69, 9.17) is 9.90 Å². The van der Waals surface area contributed by atoms with Gasteiger partial charge >= 0.3 is 0 Å². The maximum atomic E-state index is 8.89. The SMILES string of the molecule is CC(=O)[O-].CCCCCC[P+](CCCC)(CCCC)CCCC. The molecule has 0 rings (SSSR count). The van der Waals surface area contributed by atoms with Crippen molar-refractivity contribution < 1.29 is 9.90 Å². The lowest BCUT2D eigenvalue weighted by atomic mass is 10.2. The average Bonchev–Trinajstić information content (AvgIpc) is 2.52. The van der Waals surface area contributed by atoms with Crippen LogP contribution >= 0.6 is 7.26 Å². The first kappa shape index (κ1) is 25.1. The lowest BCUT2D eigenvalue weighted by Crippen LogP contribution is -2.16. The third-order valence-electron chi connectivity index (χ3n) is 4.44. The smallest absolute Gasteiger partial charge is 0.0594 e. The maximum Gasteiger partial charge on any atom is 0.0594 e. The number of carboxylic acid groups (broad SMARTS) is 1. The van der Waals surface area contributed by atoms with E-state index in [9.17, 15) is 0 Å². The second-order valence-corrected chi connectivity index (χ2v) is 11.3. The summed E-state index contributed by atoms with van der Waals surface area (Å²) in [6, 6.07) is 0. The van der Waals surface area contributed by atoms with E-state index < -0.39 is 13.2 Å². The Bertz CT molecular complexity index is 228. The highest BCUT2D eigenvalue weighted by Crippen LogP contribution is 2.61. The highest BCUT2D eigenvalue weighted by atomic mass is 31.2. The standard InChI is InChI=1S/C18H40P.C2H4O2/c1-5-9-13-14-18-19(15-10-6-2,16-11-7-3)17-12-8-4;1-2(3)4/h5-18H2,1-4H3;1H3,(H,3,4)/q+1;/p-1. The number of carbonyl (C=O) groups excluding carboxylic acids is 1. The molecule has 0 aromatic heterocycles. The van der Waals surface area contributed by atoms with Gasteiger partial charge in [0.15, 0.2) is 0 Å². The number of unbranched alkanes of at least 4 members (excludes halogenated alkanes) is 6. The van der Waals surface area contributed by atoms with Crippen LogP contribution in [0, 0.1) is 0 Å². The largest absolute Gasteiger partial charge is 0.550 e. The zero-order valence-electron chi connectivity index (χ0n) is 16.7. The van der Waals surface area contributed by atoms with Crippen LogP contribution in [0.3, 0.4) is 0 Å². The predicted octanol–water partition coefficient (Wildman–Crippen LogP) is 5.74. The molecular weight excluding hydrogens is 303 g/mol. The van der Waals surface area contributed by atoms with Crippen molar-refractivity contribution in [3.63, 3.8) is 0 Å². The molecule has 0 aliphatic heterocycles. The molecule has 0 heterocycles. The molecule has 0 aliphatic rings. The summed E-state index contributed by atoms with van der Waals surface area (Å²) in [4.78, 5) is 8.89. The molecule has 0 aromatic rings. The Labute approximate surface area is 147 Å². The second-order valence-electron chi connectivity index (χ2n) is 6.85. The van der Waals surface area contributed by atoms with Crippen LogP contribution in [0.1, 0.15) is 98.8 Å². The van der Waals surface area contributed by atoms with Crippen molar-refractivity contribution >= 4 is 13.2 Å². The third-order valence-corrected chi connectivity index (χ3v) is 9.50. The van der Waals surface area contributed by atoms with E-state index in [1.54, 1.807) is 24.6 Å².